The van der Waals surface area contributed by atoms with Crippen molar-refractivity contribution >= 4 is 24.7 Å². The summed E-state index contributed by atoms with van der Waals surface area (Å²) < 4.78 is 18.4. The van der Waals surface area contributed by atoms with Gasteiger partial charge in [0, 0.05) is 42.4 Å². The number of aldehydes is 1. The molecule has 3 aromatic carbocycles. The van der Waals surface area contributed by atoms with E-state index in [9.17, 15) is 19.7 Å². The van der Waals surface area contributed by atoms with Gasteiger partial charge in [-0.2, -0.15) is 0 Å². The normalized spacial score (nSPS) is 13.1. The van der Waals surface area contributed by atoms with Gasteiger partial charge >= 0.3 is 7.12 Å². The molecule has 0 radical (unpaired) electrons. The fourth-order valence-corrected chi connectivity index (χ4v) is 4.72. The van der Waals surface area contributed by atoms with Gasteiger partial charge < -0.3 is 29.4 Å². The van der Waals surface area contributed by atoms with E-state index >= 15 is 0 Å². The quantitative estimate of drug-likeness (QED) is 0.110. The van der Waals surface area contributed by atoms with E-state index in [1.807, 2.05) is 94.4 Å². The molecular formula is C38H45BO8. The van der Waals surface area contributed by atoms with Crippen molar-refractivity contribution < 1.29 is 39.0 Å². The number of ether oxygens (including phenoxy) is 2. The molecule has 3 N–H and O–H groups in total. The van der Waals surface area contributed by atoms with Gasteiger partial charge in [0.15, 0.2) is 12.1 Å². The summed E-state index contributed by atoms with van der Waals surface area (Å²) in [7, 11) is -0.267. The van der Waals surface area contributed by atoms with Crippen LogP contribution < -0.4 is 5.46 Å². The Bertz CT molecular complexity index is 1560. The molecule has 1 aliphatic carbocycles. The maximum Gasteiger partial charge on any atom is 0.491 e. The zero-order valence-electron chi connectivity index (χ0n) is 27.8. The van der Waals surface area contributed by atoms with E-state index in [0.29, 0.717) is 41.0 Å². The van der Waals surface area contributed by atoms with Crippen LogP contribution in [-0.4, -0.2) is 53.7 Å². The van der Waals surface area contributed by atoms with Crippen LogP contribution in [0.15, 0.2) is 114 Å². The van der Waals surface area contributed by atoms with Gasteiger partial charge in [-0.05, 0) is 54.9 Å². The van der Waals surface area contributed by atoms with Crippen molar-refractivity contribution in [3.63, 3.8) is 0 Å². The van der Waals surface area contributed by atoms with Gasteiger partial charge in [-0.25, -0.2) is 0 Å². The molecule has 8 nitrogen and oxygen atoms in total. The number of Topliss-reactive ketones (excluding diaryl/α,β-unsaturated/α-hetero) is 1. The number of rotatable bonds is 15. The summed E-state index contributed by atoms with van der Waals surface area (Å²) in [6.45, 7) is 8.16. The number of ketones is 1. The van der Waals surface area contributed by atoms with Crippen molar-refractivity contribution in [2.24, 2.45) is 5.92 Å². The van der Waals surface area contributed by atoms with Crippen LogP contribution in [0.4, 0.5) is 0 Å². The molecule has 0 bridgehead atoms. The highest BCUT2D eigenvalue weighted by atomic mass is 16.5. The van der Waals surface area contributed by atoms with Gasteiger partial charge in [-0.15, -0.1) is 0 Å². The third-order valence-electron chi connectivity index (χ3n) is 8.07. The van der Waals surface area contributed by atoms with E-state index in [0.717, 1.165) is 18.2 Å². The monoisotopic (exact) mass is 640 g/mol. The third-order valence-corrected chi connectivity index (χ3v) is 8.07. The zero-order chi connectivity index (χ0) is 34.4. The SMILES string of the molecule is CC(C)C(C)(C)OB(O)c1ccc(C(=O)C2=CC(OCc3ccccc3)=C(CCO)C(OCc3ccccc3)=CC2)c(C=O)c1.CO. The van der Waals surface area contributed by atoms with Gasteiger partial charge in [0.2, 0.25) is 0 Å². The third kappa shape index (κ3) is 10.4. The van der Waals surface area contributed by atoms with Crippen molar-refractivity contribution in [1.82, 2.24) is 0 Å². The molecule has 0 amide bonds. The summed E-state index contributed by atoms with van der Waals surface area (Å²) >= 11 is 0. The van der Waals surface area contributed by atoms with Gasteiger partial charge in [0.1, 0.15) is 24.7 Å². The number of carbonyl (C=O) groups is 2. The van der Waals surface area contributed by atoms with E-state index in [1.165, 1.54) is 6.07 Å². The van der Waals surface area contributed by atoms with Crippen molar-refractivity contribution in [1.29, 1.82) is 0 Å². The Hall–Kier alpha value is -4.28. The average Bonchev–Trinajstić information content (AvgIpc) is 3.26. The summed E-state index contributed by atoms with van der Waals surface area (Å²) in [5.41, 5.74) is 3.06. The molecule has 1 aliphatic rings. The molecule has 0 saturated heterocycles. The molecule has 0 atom stereocenters. The molecule has 4 rings (SSSR count). The number of carbonyl (C=O) groups excluding carboxylic acids is 2. The molecule has 248 valence electrons. The zero-order valence-corrected chi connectivity index (χ0v) is 27.8. The molecule has 0 heterocycles. The van der Waals surface area contributed by atoms with E-state index in [1.54, 1.807) is 18.2 Å². The maximum atomic E-state index is 14.0. The molecular weight excluding hydrogens is 595 g/mol. The van der Waals surface area contributed by atoms with Crippen LogP contribution in [0.2, 0.25) is 0 Å². The number of aliphatic hydroxyl groups excluding tert-OH is 2. The maximum absolute atomic E-state index is 14.0. The highest BCUT2D eigenvalue weighted by Crippen LogP contribution is 2.31. The molecule has 0 spiro atoms. The summed E-state index contributed by atoms with van der Waals surface area (Å²) in [6.07, 6.45) is 4.57. The number of benzene rings is 3. The lowest BCUT2D eigenvalue weighted by Crippen LogP contribution is -2.44. The fourth-order valence-electron chi connectivity index (χ4n) is 4.72. The lowest BCUT2D eigenvalue weighted by molar-refractivity contribution is 0.0423. The Kier molecular flexibility index (Phi) is 14.4. The number of aliphatic hydroxyl groups is 2. The minimum absolute atomic E-state index is 0.136. The Morgan fingerprint density at radius 1 is 0.936 bits per heavy atom. The van der Waals surface area contributed by atoms with Crippen LogP contribution in [0.5, 0.6) is 0 Å². The second-order valence-electron chi connectivity index (χ2n) is 11.8. The smallest absolute Gasteiger partial charge is 0.489 e. The Morgan fingerprint density at radius 2 is 1.53 bits per heavy atom. The van der Waals surface area contributed by atoms with Crippen molar-refractivity contribution in [3.8, 4) is 0 Å². The molecule has 0 saturated carbocycles. The van der Waals surface area contributed by atoms with E-state index < -0.39 is 12.7 Å². The predicted molar refractivity (Wildman–Crippen MR) is 184 cm³/mol. The van der Waals surface area contributed by atoms with Gasteiger partial charge in [0.05, 0.1) is 5.60 Å². The van der Waals surface area contributed by atoms with Crippen LogP contribution in [0.1, 0.15) is 72.4 Å². The highest BCUT2D eigenvalue weighted by molar-refractivity contribution is 6.60. The standard InChI is InChI=1S/C37H41BO7.CH4O/c1-26(2)37(3,4)45-38(42)31-16-17-32(30(21-31)23-40)36(41)29-15-18-34(43-24-27-11-7-5-8-12-27)33(19-20-39)35(22-29)44-25-28-13-9-6-10-14-28;1-2/h5-14,16-18,21-23,26,39,42H,15,19-20,24-25H2,1-4H3;2H,1H3. The summed E-state index contributed by atoms with van der Waals surface area (Å²) in [5, 5.41) is 27.8. The molecule has 9 heteroatoms. The molecule has 0 aromatic heterocycles. The molecule has 3 aromatic rings. The summed E-state index contributed by atoms with van der Waals surface area (Å²) in [6, 6.07) is 24.0. The van der Waals surface area contributed by atoms with Gasteiger partial charge in [-0.1, -0.05) is 92.7 Å². The number of hydrogen-bond donors (Lipinski definition) is 3. The number of hydrogen-bond acceptors (Lipinski definition) is 8. The minimum Gasteiger partial charge on any atom is -0.489 e. The first-order chi connectivity index (χ1) is 22.6. The first-order valence-corrected chi connectivity index (χ1v) is 15.7. The van der Waals surface area contributed by atoms with Crippen LogP contribution in [0.3, 0.4) is 0 Å². The highest BCUT2D eigenvalue weighted by Gasteiger charge is 2.31. The van der Waals surface area contributed by atoms with Crippen LogP contribution in [-0.2, 0) is 27.3 Å². The van der Waals surface area contributed by atoms with Crippen LogP contribution >= 0.6 is 0 Å². The summed E-state index contributed by atoms with van der Waals surface area (Å²) in [5.74, 6) is 0.717. The Balaban J connectivity index is 0.00000294. The van der Waals surface area contributed by atoms with Crippen LogP contribution in [0, 0.1) is 5.92 Å². The van der Waals surface area contributed by atoms with E-state index in [4.69, 9.17) is 19.2 Å². The van der Waals surface area contributed by atoms with Crippen molar-refractivity contribution in [2.75, 3.05) is 13.7 Å². The first-order valence-electron chi connectivity index (χ1n) is 15.7. The van der Waals surface area contributed by atoms with Gasteiger partial charge in [-0.3, -0.25) is 9.59 Å². The largest absolute Gasteiger partial charge is 0.491 e. The number of allylic oxidation sites excluding steroid dienone is 4. The van der Waals surface area contributed by atoms with Crippen LogP contribution in [0.25, 0.3) is 0 Å². The Morgan fingerprint density at radius 3 is 2.09 bits per heavy atom. The lowest BCUT2D eigenvalue weighted by Gasteiger charge is -2.31. The molecule has 0 unspecified atom stereocenters. The Labute approximate surface area is 278 Å². The van der Waals surface area contributed by atoms with Crippen molar-refractivity contribution in [2.45, 2.75) is 59.4 Å². The molecule has 0 aliphatic heterocycles. The van der Waals surface area contributed by atoms with E-state index in [-0.39, 0.29) is 48.9 Å². The lowest BCUT2D eigenvalue weighted by atomic mass is 9.76. The molecule has 0 fully saturated rings. The summed E-state index contributed by atoms with van der Waals surface area (Å²) in [4.78, 5) is 26.2. The van der Waals surface area contributed by atoms with Crippen molar-refractivity contribution in [3.05, 3.63) is 136 Å². The second-order valence-corrected chi connectivity index (χ2v) is 11.8. The topological polar surface area (TPSA) is 123 Å². The van der Waals surface area contributed by atoms with E-state index in [2.05, 4.69) is 0 Å². The minimum atomic E-state index is -1.27. The van der Waals surface area contributed by atoms with Gasteiger partial charge in [0.25, 0.3) is 0 Å². The second kappa shape index (κ2) is 18.2. The molecule has 47 heavy (non-hydrogen) atoms. The average molecular weight is 641 g/mol. The fraction of sp³-hybridized carbons (Fsp3) is 0.316. The predicted octanol–water partition coefficient (Wildman–Crippen LogP) is 5.71. The first kappa shape index (κ1) is 37.2.